The second-order valence-electron chi connectivity index (χ2n) is 4.92. The highest BCUT2D eigenvalue weighted by atomic mass is 32.2. The van der Waals surface area contributed by atoms with E-state index in [1.165, 1.54) is 17.1 Å². The number of hydrogen-bond acceptors (Lipinski definition) is 3. The number of likely N-dealkylation sites (tertiary alicyclic amines) is 1. The van der Waals surface area contributed by atoms with Gasteiger partial charge in [0.15, 0.2) is 0 Å². The Hall–Kier alpha value is -0.910. The molecule has 0 radical (unpaired) electrons. The fourth-order valence-corrected chi connectivity index (χ4v) is 3.19. The SMILES string of the molecule is CN(C)S(=O)(=O)c1cccc(CN2CCCC2)c1. The van der Waals surface area contributed by atoms with Crippen molar-refractivity contribution in [2.75, 3.05) is 27.2 Å². The van der Waals surface area contributed by atoms with Gasteiger partial charge in [-0.1, -0.05) is 12.1 Å². The van der Waals surface area contributed by atoms with Crippen LogP contribution < -0.4 is 0 Å². The van der Waals surface area contributed by atoms with E-state index in [9.17, 15) is 8.42 Å². The number of nitrogens with zero attached hydrogens (tertiary/aromatic N) is 2. The molecule has 1 fully saturated rings. The van der Waals surface area contributed by atoms with Crippen molar-refractivity contribution in [2.45, 2.75) is 24.3 Å². The van der Waals surface area contributed by atoms with Crippen LogP contribution in [0.25, 0.3) is 0 Å². The molecule has 0 atom stereocenters. The molecule has 1 aliphatic heterocycles. The highest BCUT2D eigenvalue weighted by Gasteiger charge is 2.18. The van der Waals surface area contributed by atoms with Crippen molar-refractivity contribution >= 4 is 10.0 Å². The van der Waals surface area contributed by atoms with Gasteiger partial charge in [-0.25, -0.2) is 12.7 Å². The maximum atomic E-state index is 12.0. The first kappa shape index (κ1) is 13.5. The standard InChI is InChI=1S/C13H20N2O2S/c1-14(2)18(16,17)13-7-5-6-12(10-13)11-15-8-3-4-9-15/h5-7,10H,3-4,8-9,11H2,1-2H3. The number of benzene rings is 1. The summed E-state index contributed by atoms with van der Waals surface area (Å²) >= 11 is 0. The van der Waals surface area contributed by atoms with Crippen molar-refractivity contribution in [1.82, 2.24) is 9.21 Å². The maximum absolute atomic E-state index is 12.0. The summed E-state index contributed by atoms with van der Waals surface area (Å²) in [6.45, 7) is 3.08. The fraction of sp³-hybridized carbons (Fsp3) is 0.538. The first-order chi connectivity index (χ1) is 8.50. The monoisotopic (exact) mass is 268 g/mol. The number of hydrogen-bond donors (Lipinski definition) is 0. The predicted molar refractivity (Wildman–Crippen MR) is 71.8 cm³/mol. The summed E-state index contributed by atoms with van der Waals surface area (Å²) in [7, 11) is -0.202. The van der Waals surface area contributed by atoms with Crippen molar-refractivity contribution < 1.29 is 8.42 Å². The zero-order valence-corrected chi connectivity index (χ0v) is 11.8. The summed E-state index contributed by atoms with van der Waals surface area (Å²) in [4.78, 5) is 2.74. The van der Waals surface area contributed by atoms with Crippen LogP contribution in [0.5, 0.6) is 0 Å². The van der Waals surface area contributed by atoms with Crippen molar-refractivity contribution in [3.05, 3.63) is 29.8 Å². The van der Waals surface area contributed by atoms with Gasteiger partial charge in [0, 0.05) is 20.6 Å². The van der Waals surface area contributed by atoms with Crippen molar-refractivity contribution in [3.63, 3.8) is 0 Å². The molecule has 100 valence electrons. The molecule has 1 heterocycles. The molecule has 1 aromatic carbocycles. The lowest BCUT2D eigenvalue weighted by atomic mass is 10.2. The van der Waals surface area contributed by atoms with Crippen LogP contribution in [0.15, 0.2) is 29.2 Å². The molecule has 0 bridgehead atoms. The molecule has 18 heavy (non-hydrogen) atoms. The minimum Gasteiger partial charge on any atom is -0.299 e. The molecule has 2 rings (SSSR count). The van der Waals surface area contributed by atoms with Crippen molar-refractivity contribution in [1.29, 1.82) is 0 Å². The summed E-state index contributed by atoms with van der Waals surface area (Å²) in [5.74, 6) is 0. The molecular weight excluding hydrogens is 248 g/mol. The summed E-state index contributed by atoms with van der Waals surface area (Å²) in [5.41, 5.74) is 1.07. The first-order valence-electron chi connectivity index (χ1n) is 6.24. The molecule has 0 aromatic heterocycles. The molecule has 0 spiro atoms. The minimum atomic E-state index is -3.32. The van der Waals surface area contributed by atoms with E-state index in [1.807, 2.05) is 12.1 Å². The van der Waals surface area contributed by atoms with Crippen LogP contribution in [-0.4, -0.2) is 44.8 Å². The Kier molecular flexibility index (Phi) is 4.04. The van der Waals surface area contributed by atoms with Gasteiger partial charge in [-0.15, -0.1) is 0 Å². The molecule has 0 N–H and O–H groups in total. The minimum absolute atomic E-state index is 0.379. The van der Waals surface area contributed by atoms with Crippen LogP contribution in [0.3, 0.4) is 0 Å². The van der Waals surface area contributed by atoms with E-state index in [2.05, 4.69) is 4.90 Å². The van der Waals surface area contributed by atoms with Gasteiger partial charge in [-0.3, -0.25) is 4.90 Å². The topological polar surface area (TPSA) is 40.6 Å². The lowest BCUT2D eigenvalue weighted by molar-refractivity contribution is 0.331. The lowest BCUT2D eigenvalue weighted by Gasteiger charge is -2.16. The van der Waals surface area contributed by atoms with Crippen molar-refractivity contribution in [3.8, 4) is 0 Å². The van der Waals surface area contributed by atoms with Crippen molar-refractivity contribution in [2.24, 2.45) is 0 Å². The second kappa shape index (κ2) is 5.38. The second-order valence-corrected chi connectivity index (χ2v) is 7.07. The summed E-state index contributed by atoms with van der Waals surface area (Å²) in [6.07, 6.45) is 2.49. The summed E-state index contributed by atoms with van der Waals surface area (Å²) in [5, 5.41) is 0. The Morgan fingerprint density at radius 3 is 2.50 bits per heavy atom. The lowest BCUT2D eigenvalue weighted by Crippen LogP contribution is -2.23. The number of sulfonamides is 1. The zero-order chi connectivity index (χ0) is 13.2. The molecule has 1 aromatic rings. The van der Waals surface area contributed by atoms with E-state index in [4.69, 9.17) is 0 Å². The Balaban J connectivity index is 2.19. The third-order valence-corrected chi connectivity index (χ3v) is 5.09. The first-order valence-corrected chi connectivity index (χ1v) is 7.68. The Morgan fingerprint density at radius 2 is 1.89 bits per heavy atom. The van der Waals surface area contributed by atoms with E-state index in [0.29, 0.717) is 4.90 Å². The average Bonchev–Trinajstić information content (AvgIpc) is 2.82. The summed E-state index contributed by atoms with van der Waals surface area (Å²) in [6, 6.07) is 7.26. The van der Waals surface area contributed by atoms with Crippen LogP contribution in [-0.2, 0) is 16.6 Å². The fourth-order valence-electron chi connectivity index (χ4n) is 2.21. The highest BCUT2D eigenvalue weighted by molar-refractivity contribution is 7.89. The largest absolute Gasteiger partial charge is 0.299 e. The molecule has 1 aliphatic rings. The zero-order valence-electron chi connectivity index (χ0n) is 11.0. The van der Waals surface area contributed by atoms with Gasteiger partial charge in [0.2, 0.25) is 10.0 Å². The van der Waals surface area contributed by atoms with Crippen LogP contribution in [0.4, 0.5) is 0 Å². The molecule has 0 unspecified atom stereocenters. The Labute approximate surface area is 109 Å². The van der Waals surface area contributed by atoms with E-state index < -0.39 is 10.0 Å². The predicted octanol–water partition coefficient (Wildman–Crippen LogP) is 1.53. The molecular formula is C13H20N2O2S. The van der Waals surface area contributed by atoms with Gasteiger partial charge < -0.3 is 0 Å². The highest BCUT2D eigenvalue weighted by Crippen LogP contribution is 2.17. The van der Waals surface area contributed by atoms with Crippen LogP contribution in [0, 0.1) is 0 Å². The smallest absolute Gasteiger partial charge is 0.242 e. The van der Waals surface area contributed by atoms with E-state index >= 15 is 0 Å². The van der Waals surface area contributed by atoms with Gasteiger partial charge >= 0.3 is 0 Å². The van der Waals surface area contributed by atoms with Crippen LogP contribution >= 0.6 is 0 Å². The van der Waals surface area contributed by atoms with Gasteiger partial charge in [-0.05, 0) is 43.6 Å². The summed E-state index contributed by atoms with van der Waals surface area (Å²) < 4.78 is 25.3. The molecule has 4 nitrogen and oxygen atoms in total. The third kappa shape index (κ3) is 2.91. The number of rotatable bonds is 4. The van der Waals surface area contributed by atoms with E-state index in [1.54, 1.807) is 26.2 Å². The van der Waals surface area contributed by atoms with E-state index in [-0.39, 0.29) is 0 Å². The van der Waals surface area contributed by atoms with Crippen LogP contribution in [0.2, 0.25) is 0 Å². The van der Waals surface area contributed by atoms with Gasteiger partial charge in [0.1, 0.15) is 0 Å². The quantitative estimate of drug-likeness (QED) is 0.831. The van der Waals surface area contributed by atoms with E-state index in [0.717, 1.165) is 25.2 Å². The maximum Gasteiger partial charge on any atom is 0.242 e. The normalized spacial score (nSPS) is 17.5. The molecule has 0 amide bonds. The third-order valence-electron chi connectivity index (χ3n) is 3.28. The molecule has 0 aliphatic carbocycles. The Bertz CT molecular complexity index is 505. The molecule has 5 heteroatoms. The average molecular weight is 268 g/mol. The van der Waals surface area contributed by atoms with Crippen LogP contribution in [0.1, 0.15) is 18.4 Å². The van der Waals surface area contributed by atoms with Gasteiger partial charge in [0.05, 0.1) is 4.90 Å². The van der Waals surface area contributed by atoms with Gasteiger partial charge in [-0.2, -0.15) is 0 Å². The molecule has 1 saturated heterocycles. The van der Waals surface area contributed by atoms with Gasteiger partial charge in [0.25, 0.3) is 0 Å². The molecule has 0 saturated carbocycles. The Morgan fingerprint density at radius 1 is 1.22 bits per heavy atom.